The van der Waals surface area contributed by atoms with E-state index in [-0.39, 0.29) is 11.9 Å². The van der Waals surface area contributed by atoms with Gasteiger partial charge in [-0.15, -0.1) is 0 Å². The lowest BCUT2D eigenvalue weighted by atomic mass is 10.1. The molecule has 0 radical (unpaired) electrons. The van der Waals surface area contributed by atoms with Crippen LogP contribution in [0.5, 0.6) is 0 Å². The molecular formula is C13H19BrN2O. The molecule has 1 amide bonds. The van der Waals surface area contributed by atoms with Gasteiger partial charge in [-0.05, 0) is 24.1 Å². The van der Waals surface area contributed by atoms with Gasteiger partial charge in [0.05, 0.1) is 6.04 Å². The number of halogens is 1. The molecule has 0 saturated heterocycles. The molecular weight excluding hydrogens is 280 g/mol. The predicted octanol–water partition coefficient (Wildman–Crippen LogP) is 2.58. The van der Waals surface area contributed by atoms with E-state index >= 15 is 0 Å². The van der Waals surface area contributed by atoms with Crippen LogP contribution >= 0.6 is 15.9 Å². The molecule has 4 heteroatoms. The minimum atomic E-state index is -0.387. The summed E-state index contributed by atoms with van der Waals surface area (Å²) in [5.41, 5.74) is 6.84. The van der Waals surface area contributed by atoms with Gasteiger partial charge in [0.2, 0.25) is 5.91 Å². The van der Waals surface area contributed by atoms with Crippen molar-refractivity contribution >= 4 is 21.8 Å². The summed E-state index contributed by atoms with van der Waals surface area (Å²) in [4.78, 5) is 11.7. The lowest BCUT2D eigenvalue weighted by Gasteiger charge is -2.11. The van der Waals surface area contributed by atoms with Crippen molar-refractivity contribution in [2.75, 3.05) is 0 Å². The lowest BCUT2D eigenvalue weighted by Crippen LogP contribution is -2.40. The standard InChI is InChI=1S/C13H19BrN2O/c1-2-3-7-12(15)13(17)16-9-10-5-4-6-11(14)8-10/h4-6,8,12H,2-3,7,9,15H2,1H3,(H,16,17). The number of benzene rings is 1. The molecule has 0 aliphatic heterocycles. The van der Waals surface area contributed by atoms with Crippen LogP contribution in [0.2, 0.25) is 0 Å². The van der Waals surface area contributed by atoms with Gasteiger partial charge in [0.1, 0.15) is 0 Å². The second kappa shape index (κ2) is 7.45. The molecule has 17 heavy (non-hydrogen) atoms. The molecule has 0 bridgehead atoms. The van der Waals surface area contributed by atoms with Crippen molar-refractivity contribution in [3.05, 3.63) is 34.3 Å². The summed E-state index contributed by atoms with van der Waals surface area (Å²) in [6.45, 7) is 2.62. The van der Waals surface area contributed by atoms with Gasteiger partial charge in [0, 0.05) is 11.0 Å². The van der Waals surface area contributed by atoms with Gasteiger partial charge in [-0.1, -0.05) is 47.8 Å². The number of carbonyl (C=O) groups excluding carboxylic acids is 1. The van der Waals surface area contributed by atoms with E-state index < -0.39 is 0 Å². The largest absolute Gasteiger partial charge is 0.351 e. The van der Waals surface area contributed by atoms with Crippen LogP contribution in [0.4, 0.5) is 0 Å². The van der Waals surface area contributed by atoms with Gasteiger partial charge in [0.25, 0.3) is 0 Å². The van der Waals surface area contributed by atoms with Gasteiger partial charge in [-0.2, -0.15) is 0 Å². The molecule has 3 N–H and O–H groups in total. The number of nitrogens with two attached hydrogens (primary N) is 1. The fourth-order valence-electron chi connectivity index (χ4n) is 1.52. The highest BCUT2D eigenvalue weighted by Gasteiger charge is 2.11. The summed E-state index contributed by atoms with van der Waals surface area (Å²) in [5, 5.41) is 2.85. The number of carbonyl (C=O) groups is 1. The summed E-state index contributed by atoms with van der Waals surface area (Å²) in [7, 11) is 0. The normalized spacial score (nSPS) is 12.2. The van der Waals surface area contributed by atoms with E-state index in [1.807, 2.05) is 24.3 Å². The van der Waals surface area contributed by atoms with Crippen LogP contribution in [0.3, 0.4) is 0 Å². The highest BCUT2D eigenvalue weighted by atomic mass is 79.9. The van der Waals surface area contributed by atoms with Crippen molar-refractivity contribution in [3.63, 3.8) is 0 Å². The first kappa shape index (κ1) is 14.2. The van der Waals surface area contributed by atoms with Crippen LogP contribution in [0, 0.1) is 0 Å². The molecule has 1 unspecified atom stereocenters. The fourth-order valence-corrected chi connectivity index (χ4v) is 1.97. The van der Waals surface area contributed by atoms with Crippen LogP contribution in [-0.4, -0.2) is 11.9 Å². The maximum atomic E-state index is 11.7. The quantitative estimate of drug-likeness (QED) is 0.848. The Morgan fingerprint density at radius 1 is 1.53 bits per heavy atom. The van der Waals surface area contributed by atoms with Gasteiger partial charge in [-0.3, -0.25) is 4.79 Å². The molecule has 0 fully saturated rings. The molecule has 1 rings (SSSR count). The van der Waals surface area contributed by atoms with Crippen molar-refractivity contribution < 1.29 is 4.79 Å². The van der Waals surface area contributed by atoms with Crippen LogP contribution < -0.4 is 11.1 Å². The number of amides is 1. The SMILES string of the molecule is CCCCC(N)C(=O)NCc1cccc(Br)c1. The number of rotatable bonds is 6. The highest BCUT2D eigenvalue weighted by molar-refractivity contribution is 9.10. The van der Waals surface area contributed by atoms with E-state index in [0.29, 0.717) is 6.54 Å². The molecule has 0 heterocycles. The van der Waals surface area contributed by atoms with Crippen molar-refractivity contribution in [3.8, 4) is 0 Å². The van der Waals surface area contributed by atoms with Gasteiger partial charge in [-0.25, -0.2) is 0 Å². The molecule has 0 aromatic heterocycles. The van der Waals surface area contributed by atoms with Gasteiger partial charge in [0.15, 0.2) is 0 Å². The van der Waals surface area contributed by atoms with Gasteiger partial charge >= 0.3 is 0 Å². The molecule has 94 valence electrons. The van der Waals surface area contributed by atoms with E-state index in [4.69, 9.17) is 5.73 Å². The lowest BCUT2D eigenvalue weighted by molar-refractivity contribution is -0.122. The maximum Gasteiger partial charge on any atom is 0.237 e. The van der Waals surface area contributed by atoms with E-state index in [9.17, 15) is 4.79 Å². The number of nitrogens with one attached hydrogen (secondary N) is 1. The Bertz CT molecular complexity index is 368. The van der Waals surface area contributed by atoms with E-state index in [1.165, 1.54) is 0 Å². The van der Waals surface area contributed by atoms with Crippen LogP contribution in [0.1, 0.15) is 31.7 Å². The van der Waals surface area contributed by atoms with Crippen LogP contribution in [0.15, 0.2) is 28.7 Å². The third-order valence-corrected chi connectivity index (χ3v) is 3.05. The van der Waals surface area contributed by atoms with E-state index in [1.54, 1.807) is 0 Å². The molecule has 0 aliphatic rings. The molecule has 3 nitrogen and oxygen atoms in total. The molecule has 0 saturated carbocycles. The first-order valence-corrected chi connectivity index (χ1v) is 6.70. The Kier molecular flexibility index (Phi) is 6.22. The Morgan fingerprint density at radius 2 is 2.29 bits per heavy atom. The monoisotopic (exact) mass is 298 g/mol. The third-order valence-electron chi connectivity index (χ3n) is 2.56. The zero-order chi connectivity index (χ0) is 12.7. The molecule has 1 atom stereocenters. The first-order chi connectivity index (χ1) is 8.13. The average molecular weight is 299 g/mol. The Hall–Kier alpha value is -0.870. The summed E-state index contributed by atoms with van der Waals surface area (Å²) < 4.78 is 1.01. The molecule has 0 aliphatic carbocycles. The zero-order valence-electron chi connectivity index (χ0n) is 10.1. The maximum absolute atomic E-state index is 11.7. The molecule has 1 aromatic rings. The summed E-state index contributed by atoms with van der Waals surface area (Å²) in [5.74, 6) is -0.0709. The topological polar surface area (TPSA) is 55.1 Å². The summed E-state index contributed by atoms with van der Waals surface area (Å²) in [6, 6.07) is 7.48. The third kappa shape index (κ3) is 5.33. The molecule has 0 spiro atoms. The predicted molar refractivity (Wildman–Crippen MR) is 73.5 cm³/mol. The van der Waals surface area contributed by atoms with Gasteiger partial charge < -0.3 is 11.1 Å². The first-order valence-electron chi connectivity index (χ1n) is 5.91. The van der Waals surface area contributed by atoms with Crippen molar-refractivity contribution in [1.82, 2.24) is 5.32 Å². The highest BCUT2D eigenvalue weighted by Crippen LogP contribution is 2.11. The Morgan fingerprint density at radius 3 is 2.94 bits per heavy atom. The van der Waals surface area contributed by atoms with Crippen molar-refractivity contribution in [1.29, 1.82) is 0 Å². The Balaban J connectivity index is 2.37. The van der Waals surface area contributed by atoms with Crippen molar-refractivity contribution in [2.45, 2.75) is 38.8 Å². The van der Waals surface area contributed by atoms with E-state index in [0.717, 1.165) is 29.3 Å². The minimum Gasteiger partial charge on any atom is -0.351 e. The van der Waals surface area contributed by atoms with Crippen LogP contribution in [-0.2, 0) is 11.3 Å². The number of hydrogen-bond acceptors (Lipinski definition) is 2. The average Bonchev–Trinajstić information content (AvgIpc) is 2.33. The second-order valence-corrected chi connectivity index (χ2v) is 5.01. The number of unbranched alkanes of at least 4 members (excludes halogenated alkanes) is 1. The fraction of sp³-hybridized carbons (Fsp3) is 0.462. The minimum absolute atomic E-state index is 0.0709. The smallest absolute Gasteiger partial charge is 0.237 e. The second-order valence-electron chi connectivity index (χ2n) is 4.10. The Labute approximate surface area is 111 Å². The number of hydrogen-bond donors (Lipinski definition) is 2. The van der Waals surface area contributed by atoms with E-state index in [2.05, 4.69) is 28.2 Å². The summed E-state index contributed by atoms with van der Waals surface area (Å²) in [6.07, 6.45) is 2.80. The molecule has 1 aromatic carbocycles. The van der Waals surface area contributed by atoms with Crippen molar-refractivity contribution in [2.24, 2.45) is 5.73 Å². The van der Waals surface area contributed by atoms with Crippen LogP contribution in [0.25, 0.3) is 0 Å². The summed E-state index contributed by atoms with van der Waals surface area (Å²) >= 11 is 3.39. The zero-order valence-corrected chi connectivity index (χ0v) is 11.7.